The van der Waals surface area contributed by atoms with Gasteiger partial charge in [0.15, 0.2) is 0 Å². The molecule has 1 saturated heterocycles. The smallest absolute Gasteiger partial charge is 0.429 e. The van der Waals surface area contributed by atoms with Crippen molar-refractivity contribution in [1.82, 2.24) is 10.0 Å². The van der Waals surface area contributed by atoms with E-state index < -0.39 is 23.4 Å². The molecule has 0 N–H and O–H groups in total. The van der Waals surface area contributed by atoms with Gasteiger partial charge < -0.3 is 9.47 Å². The van der Waals surface area contributed by atoms with Gasteiger partial charge in [0.2, 0.25) is 0 Å². The van der Waals surface area contributed by atoms with Crippen molar-refractivity contribution >= 4 is 12.2 Å². The Labute approximate surface area is 161 Å². The SMILES string of the molecule is CC(C)(C)OC(=O)N1C2CC(c3ccccc3)C(C2)N1C(=O)OC(C)(C)C. The molecule has 3 atom stereocenters. The molecule has 1 aromatic carbocycles. The molecule has 2 aliphatic rings. The molecule has 0 radical (unpaired) electrons. The predicted molar refractivity (Wildman–Crippen MR) is 102 cm³/mol. The lowest BCUT2D eigenvalue weighted by Gasteiger charge is -2.41. The van der Waals surface area contributed by atoms with E-state index in [9.17, 15) is 9.59 Å². The highest BCUT2D eigenvalue weighted by atomic mass is 16.6. The van der Waals surface area contributed by atoms with Crippen LogP contribution >= 0.6 is 0 Å². The third kappa shape index (κ3) is 4.20. The van der Waals surface area contributed by atoms with E-state index in [0.29, 0.717) is 0 Å². The minimum Gasteiger partial charge on any atom is -0.442 e. The fourth-order valence-corrected chi connectivity index (χ4v) is 3.93. The normalized spacial score (nSPS) is 24.9. The number of carbonyl (C=O) groups is 2. The van der Waals surface area contributed by atoms with Crippen LogP contribution in [0.25, 0.3) is 0 Å². The zero-order valence-corrected chi connectivity index (χ0v) is 17.1. The number of ether oxygens (including phenoxy) is 2. The van der Waals surface area contributed by atoms with Crippen LogP contribution in [0.1, 0.15) is 65.9 Å². The second-order valence-corrected chi connectivity index (χ2v) is 9.36. The first-order chi connectivity index (χ1) is 12.5. The van der Waals surface area contributed by atoms with E-state index in [1.807, 2.05) is 59.7 Å². The van der Waals surface area contributed by atoms with Gasteiger partial charge in [0.25, 0.3) is 0 Å². The van der Waals surface area contributed by atoms with Crippen molar-refractivity contribution in [3.05, 3.63) is 35.9 Å². The first-order valence-corrected chi connectivity index (χ1v) is 9.55. The molecule has 1 aliphatic heterocycles. The van der Waals surface area contributed by atoms with Crippen LogP contribution in [0.4, 0.5) is 9.59 Å². The van der Waals surface area contributed by atoms with Gasteiger partial charge in [-0.2, -0.15) is 0 Å². The molecule has 6 heteroatoms. The molecule has 0 aromatic heterocycles. The summed E-state index contributed by atoms with van der Waals surface area (Å²) in [6, 6.07) is 9.97. The monoisotopic (exact) mass is 374 g/mol. The van der Waals surface area contributed by atoms with Gasteiger partial charge in [-0.05, 0) is 59.9 Å². The fraction of sp³-hybridized carbons (Fsp3) is 0.619. The van der Waals surface area contributed by atoms with Gasteiger partial charge in [0.1, 0.15) is 11.2 Å². The lowest BCUT2D eigenvalue weighted by atomic mass is 9.93. The summed E-state index contributed by atoms with van der Waals surface area (Å²) < 4.78 is 11.2. The minimum absolute atomic E-state index is 0.0671. The number of rotatable bonds is 1. The minimum atomic E-state index is -0.638. The summed E-state index contributed by atoms with van der Waals surface area (Å²) in [6.07, 6.45) is 0.555. The van der Waals surface area contributed by atoms with Gasteiger partial charge >= 0.3 is 12.2 Å². The van der Waals surface area contributed by atoms with E-state index in [2.05, 4.69) is 12.1 Å². The number of amides is 2. The number of hydrazine groups is 1. The van der Waals surface area contributed by atoms with Crippen molar-refractivity contribution < 1.29 is 19.1 Å². The number of hydrogen-bond donors (Lipinski definition) is 0. The van der Waals surface area contributed by atoms with Crippen molar-refractivity contribution in [2.24, 2.45) is 0 Å². The van der Waals surface area contributed by atoms with Crippen LogP contribution < -0.4 is 0 Å². The Morgan fingerprint density at radius 2 is 1.37 bits per heavy atom. The molecule has 1 aliphatic carbocycles. The summed E-state index contributed by atoms with van der Waals surface area (Å²) in [4.78, 5) is 25.8. The maximum Gasteiger partial charge on any atom is 0.429 e. The Hall–Kier alpha value is -2.24. The highest BCUT2D eigenvalue weighted by Crippen LogP contribution is 2.47. The molecule has 3 rings (SSSR count). The Balaban J connectivity index is 1.89. The molecule has 1 heterocycles. The summed E-state index contributed by atoms with van der Waals surface area (Å²) in [5.74, 6) is 0.183. The first-order valence-electron chi connectivity index (χ1n) is 9.55. The van der Waals surface area contributed by atoms with E-state index in [4.69, 9.17) is 9.47 Å². The summed E-state index contributed by atoms with van der Waals surface area (Å²) in [7, 11) is 0. The number of carbonyl (C=O) groups excluding carboxylic acids is 2. The largest absolute Gasteiger partial charge is 0.442 e. The summed E-state index contributed by atoms with van der Waals surface area (Å²) in [5.41, 5.74) is -0.0830. The number of hydrogen-bond acceptors (Lipinski definition) is 4. The number of nitrogens with zero attached hydrogens (tertiary/aromatic N) is 2. The Morgan fingerprint density at radius 1 is 0.852 bits per heavy atom. The van der Waals surface area contributed by atoms with E-state index in [1.165, 1.54) is 15.6 Å². The maximum atomic E-state index is 13.0. The van der Waals surface area contributed by atoms with Gasteiger partial charge in [-0.1, -0.05) is 30.3 Å². The van der Waals surface area contributed by atoms with Crippen molar-refractivity contribution in [3.8, 4) is 0 Å². The molecule has 2 bridgehead atoms. The van der Waals surface area contributed by atoms with Crippen LogP contribution in [-0.2, 0) is 9.47 Å². The van der Waals surface area contributed by atoms with E-state index in [-0.39, 0.29) is 18.0 Å². The molecule has 1 saturated carbocycles. The van der Waals surface area contributed by atoms with Crippen LogP contribution in [0.3, 0.4) is 0 Å². The standard InChI is InChI=1S/C21H30N2O4/c1-20(2,3)26-18(24)22-15-12-16(14-10-8-7-9-11-14)17(13-15)23(22)19(25)27-21(4,5)6/h7-11,15-17H,12-13H2,1-6H3. The average molecular weight is 374 g/mol. The molecule has 2 amide bonds. The van der Waals surface area contributed by atoms with Crippen LogP contribution in [0, 0.1) is 0 Å². The lowest BCUT2D eigenvalue weighted by Crippen LogP contribution is -2.57. The second kappa shape index (κ2) is 6.73. The first kappa shape index (κ1) is 19.5. The zero-order valence-electron chi connectivity index (χ0n) is 17.1. The van der Waals surface area contributed by atoms with E-state index >= 15 is 0 Å². The molecule has 6 nitrogen and oxygen atoms in total. The van der Waals surface area contributed by atoms with Gasteiger partial charge in [-0.3, -0.25) is 0 Å². The van der Waals surface area contributed by atoms with Gasteiger partial charge in [0.05, 0.1) is 12.1 Å². The Morgan fingerprint density at radius 3 is 1.89 bits per heavy atom. The van der Waals surface area contributed by atoms with Crippen molar-refractivity contribution in [2.75, 3.05) is 0 Å². The van der Waals surface area contributed by atoms with Crippen molar-refractivity contribution in [2.45, 2.75) is 83.6 Å². The third-order valence-electron chi connectivity index (χ3n) is 4.79. The van der Waals surface area contributed by atoms with Crippen LogP contribution in [0.2, 0.25) is 0 Å². The maximum absolute atomic E-state index is 13.0. The van der Waals surface area contributed by atoms with Crippen molar-refractivity contribution in [1.29, 1.82) is 0 Å². The molecule has 0 spiro atoms. The molecule has 27 heavy (non-hydrogen) atoms. The van der Waals surface area contributed by atoms with Gasteiger partial charge in [-0.15, -0.1) is 0 Å². The third-order valence-corrected chi connectivity index (χ3v) is 4.79. The number of benzene rings is 1. The van der Waals surface area contributed by atoms with Crippen LogP contribution in [-0.4, -0.2) is 45.5 Å². The van der Waals surface area contributed by atoms with E-state index in [0.717, 1.165) is 12.8 Å². The predicted octanol–water partition coefficient (Wildman–Crippen LogP) is 4.70. The fourth-order valence-electron chi connectivity index (χ4n) is 3.93. The quantitative estimate of drug-likeness (QED) is 0.715. The molecule has 2 fully saturated rings. The van der Waals surface area contributed by atoms with Gasteiger partial charge in [0, 0.05) is 5.92 Å². The summed E-state index contributed by atoms with van der Waals surface area (Å²) in [6.45, 7) is 10.9. The second-order valence-electron chi connectivity index (χ2n) is 9.36. The zero-order chi connectivity index (χ0) is 20.0. The number of fused-ring (bicyclic) bond motifs is 2. The average Bonchev–Trinajstić information content (AvgIpc) is 3.10. The molecular weight excluding hydrogens is 344 g/mol. The summed E-state index contributed by atoms with van der Waals surface area (Å²) >= 11 is 0. The summed E-state index contributed by atoms with van der Waals surface area (Å²) in [5, 5.41) is 2.97. The molecule has 3 unspecified atom stereocenters. The van der Waals surface area contributed by atoms with Crippen molar-refractivity contribution in [3.63, 3.8) is 0 Å². The molecule has 148 valence electrons. The highest BCUT2D eigenvalue weighted by molar-refractivity contribution is 5.76. The Kier molecular flexibility index (Phi) is 4.87. The topological polar surface area (TPSA) is 59.1 Å². The highest BCUT2D eigenvalue weighted by Gasteiger charge is 2.56. The van der Waals surface area contributed by atoms with Crippen LogP contribution in [0.5, 0.6) is 0 Å². The molecular formula is C21H30N2O4. The van der Waals surface area contributed by atoms with E-state index in [1.54, 1.807) is 0 Å². The van der Waals surface area contributed by atoms with Crippen LogP contribution in [0.15, 0.2) is 30.3 Å². The molecule has 1 aromatic rings. The Bertz CT molecular complexity index is 705. The van der Waals surface area contributed by atoms with Gasteiger partial charge in [-0.25, -0.2) is 19.6 Å². The lowest BCUT2D eigenvalue weighted by molar-refractivity contribution is -0.0788.